The Kier molecular flexibility index (Phi) is 4.20. The van der Waals surface area contributed by atoms with E-state index in [1.54, 1.807) is 0 Å². The number of rotatable bonds is 4. The highest BCUT2D eigenvalue weighted by atomic mass is 16.5. The van der Waals surface area contributed by atoms with Crippen LogP contribution in [0.15, 0.2) is 36.4 Å². The molecule has 1 aromatic carbocycles. The molecule has 0 amide bonds. The van der Waals surface area contributed by atoms with Crippen LogP contribution in [0, 0.1) is 0 Å². The number of para-hydroxylation sites is 1. The molecule has 0 saturated carbocycles. The SMILES string of the molecule is C/C=C/COc1ccccc1C(C)N. The van der Waals surface area contributed by atoms with Crippen molar-refractivity contribution in [3.63, 3.8) is 0 Å². The van der Waals surface area contributed by atoms with E-state index in [1.165, 1.54) is 0 Å². The molecule has 0 aliphatic carbocycles. The molecule has 2 N–H and O–H groups in total. The van der Waals surface area contributed by atoms with Crippen LogP contribution in [0.5, 0.6) is 5.75 Å². The zero-order valence-corrected chi connectivity index (χ0v) is 8.73. The van der Waals surface area contributed by atoms with Gasteiger partial charge in [-0.05, 0) is 19.9 Å². The van der Waals surface area contributed by atoms with Gasteiger partial charge in [-0.15, -0.1) is 0 Å². The van der Waals surface area contributed by atoms with E-state index in [1.807, 2.05) is 50.3 Å². The highest BCUT2D eigenvalue weighted by Crippen LogP contribution is 2.22. The van der Waals surface area contributed by atoms with Gasteiger partial charge in [0.2, 0.25) is 0 Å². The number of nitrogens with two attached hydrogens (primary N) is 1. The van der Waals surface area contributed by atoms with Gasteiger partial charge in [0.1, 0.15) is 12.4 Å². The summed E-state index contributed by atoms with van der Waals surface area (Å²) in [6.45, 7) is 4.53. The summed E-state index contributed by atoms with van der Waals surface area (Å²) in [6.07, 6.45) is 3.94. The Morgan fingerprint density at radius 3 is 2.79 bits per heavy atom. The van der Waals surface area contributed by atoms with Gasteiger partial charge in [0.15, 0.2) is 0 Å². The van der Waals surface area contributed by atoms with E-state index in [0.717, 1.165) is 11.3 Å². The van der Waals surface area contributed by atoms with Gasteiger partial charge in [0.05, 0.1) is 0 Å². The van der Waals surface area contributed by atoms with Crippen molar-refractivity contribution >= 4 is 0 Å². The van der Waals surface area contributed by atoms with Crippen LogP contribution in [0.2, 0.25) is 0 Å². The van der Waals surface area contributed by atoms with E-state index in [-0.39, 0.29) is 6.04 Å². The molecule has 1 unspecified atom stereocenters. The summed E-state index contributed by atoms with van der Waals surface area (Å²) in [5.74, 6) is 0.876. The van der Waals surface area contributed by atoms with Gasteiger partial charge in [-0.25, -0.2) is 0 Å². The first kappa shape index (κ1) is 10.8. The molecule has 0 heterocycles. The molecule has 76 valence electrons. The highest BCUT2D eigenvalue weighted by Gasteiger charge is 2.05. The standard InChI is InChI=1S/C12H17NO/c1-3-4-9-14-12-8-6-5-7-11(12)10(2)13/h3-8,10H,9,13H2,1-2H3/b4-3+. The van der Waals surface area contributed by atoms with E-state index >= 15 is 0 Å². The van der Waals surface area contributed by atoms with Gasteiger partial charge >= 0.3 is 0 Å². The minimum Gasteiger partial charge on any atom is -0.489 e. The first-order valence-corrected chi connectivity index (χ1v) is 4.84. The van der Waals surface area contributed by atoms with Crippen LogP contribution < -0.4 is 10.5 Å². The minimum atomic E-state index is 0.0109. The molecule has 2 nitrogen and oxygen atoms in total. The molecule has 1 atom stereocenters. The van der Waals surface area contributed by atoms with Crippen molar-refractivity contribution in [3.8, 4) is 5.75 Å². The summed E-state index contributed by atoms with van der Waals surface area (Å²) in [5, 5.41) is 0. The fourth-order valence-electron chi connectivity index (χ4n) is 1.22. The van der Waals surface area contributed by atoms with E-state index in [9.17, 15) is 0 Å². The van der Waals surface area contributed by atoms with Crippen LogP contribution in [0.25, 0.3) is 0 Å². The largest absolute Gasteiger partial charge is 0.489 e. The van der Waals surface area contributed by atoms with E-state index in [2.05, 4.69) is 0 Å². The van der Waals surface area contributed by atoms with Crippen molar-refractivity contribution in [3.05, 3.63) is 42.0 Å². The number of hydrogen-bond donors (Lipinski definition) is 1. The Balaban J connectivity index is 2.74. The first-order chi connectivity index (χ1) is 6.75. The van der Waals surface area contributed by atoms with Crippen LogP contribution >= 0.6 is 0 Å². The van der Waals surface area contributed by atoms with Gasteiger partial charge in [0, 0.05) is 11.6 Å². The average molecular weight is 191 g/mol. The Bertz CT molecular complexity index is 305. The quantitative estimate of drug-likeness (QED) is 0.742. The number of benzene rings is 1. The fourth-order valence-corrected chi connectivity index (χ4v) is 1.22. The van der Waals surface area contributed by atoms with Crippen molar-refractivity contribution in [1.82, 2.24) is 0 Å². The first-order valence-electron chi connectivity index (χ1n) is 4.84. The Morgan fingerprint density at radius 2 is 2.14 bits per heavy atom. The summed E-state index contributed by atoms with van der Waals surface area (Å²) in [5.41, 5.74) is 6.87. The lowest BCUT2D eigenvalue weighted by Crippen LogP contribution is -2.07. The minimum absolute atomic E-state index is 0.0109. The molecule has 1 rings (SSSR count). The normalized spacial score (nSPS) is 13.1. The second-order valence-corrected chi connectivity index (χ2v) is 3.21. The molecule has 0 aromatic heterocycles. The van der Waals surface area contributed by atoms with E-state index in [0.29, 0.717) is 6.61 Å². The molecule has 1 aromatic rings. The smallest absolute Gasteiger partial charge is 0.124 e. The third kappa shape index (κ3) is 2.89. The van der Waals surface area contributed by atoms with Crippen molar-refractivity contribution in [2.24, 2.45) is 5.73 Å². The van der Waals surface area contributed by atoms with Crippen LogP contribution in [0.4, 0.5) is 0 Å². The predicted octanol–water partition coefficient (Wildman–Crippen LogP) is 2.66. The fraction of sp³-hybridized carbons (Fsp3) is 0.333. The second-order valence-electron chi connectivity index (χ2n) is 3.21. The lowest BCUT2D eigenvalue weighted by Gasteiger charge is -2.12. The van der Waals surface area contributed by atoms with Crippen molar-refractivity contribution < 1.29 is 4.74 Å². The van der Waals surface area contributed by atoms with Gasteiger partial charge in [-0.2, -0.15) is 0 Å². The van der Waals surface area contributed by atoms with Gasteiger partial charge in [-0.3, -0.25) is 0 Å². The van der Waals surface area contributed by atoms with Crippen molar-refractivity contribution in [2.45, 2.75) is 19.9 Å². The van der Waals surface area contributed by atoms with Crippen LogP contribution in [0.1, 0.15) is 25.5 Å². The summed E-state index contributed by atoms with van der Waals surface area (Å²) in [6, 6.07) is 7.88. The van der Waals surface area contributed by atoms with Crippen LogP contribution in [-0.4, -0.2) is 6.61 Å². The monoisotopic (exact) mass is 191 g/mol. The third-order valence-corrected chi connectivity index (χ3v) is 1.98. The summed E-state index contributed by atoms with van der Waals surface area (Å²) >= 11 is 0. The maximum atomic E-state index is 5.82. The number of ether oxygens (including phenoxy) is 1. The zero-order valence-electron chi connectivity index (χ0n) is 8.73. The van der Waals surface area contributed by atoms with E-state index in [4.69, 9.17) is 10.5 Å². The molecule has 14 heavy (non-hydrogen) atoms. The molecule has 0 saturated heterocycles. The molecule has 0 radical (unpaired) electrons. The summed E-state index contributed by atoms with van der Waals surface area (Å²) in [4.78, 5) is 0. The predicted molar refractivity (Wildman–Crippen MR) is 59.4 cm³/mol. The highest BCUT2D eigenvalue weighted by molar-refractivity contribution is 5.35. The lowest BCUT2D eigenvalue weighted by molar-refractivity contribution is 0.356. The lowest BCUT2D eigenvalue weighted by atomic mass is 10.1. The Morgan fingerprint density at radius 1 is 1.43 bits per heavy atom. The topological polar surface area (TPSA) is 35.2 Å². The molecule has 0 fully saturated rings. The van der Waals surface area contributed by atoms with Gasteiger partial charge < -0.3 is 10.5 Å². The van der Waals surface area contributed by atoms with Crippen LogP contribution in [0.3, 0.4) is 0 Å². The molecule has 0 aliphatic heterocycles. The Labute approximate surface area is 85.4 Å². The molecule has 0 bridgehead atoms. The maximum absolute atomic E-state index is 5.82. The Hall–Kier alpha value is -1.28. The molecule has 0 spiro atoms. The summed E-state index contributed by atoms with van der Waals surface area (Å²) < 4.78 is 5.57. The molecule has 2 heteroatoms. The van der Waals surface area contributed by atoms with Crippen LogP contribution in [-0.2, 0) is 0 Å². The third-order valence-electron chi connectivity index (χ3n) is 1.98. The molecular weight excluding hydrogens is 174 g/mol. The van der Waals surface area contributed by atoms with E-state index < -0.39 is 0 Å². The zero-order chi connectivity index (χ0) is 10.4. The second kappa shape index (κ2) is 5.45. The summed E-state index contributed by atoms with van der Waals surface area (Å²) in [7, 11) is 0. The maximum Gasteiger partial charge on any atom is 0.124 e. The van der Waals surface area contributed by atoms with Crippen molar-refractivity contribution in [2.75, 3.05) is 6.61 Å². The molecule has 0 aliphatic rings. The average Bonchev–Trinajstić information content (AvgIpc) is 2.19. The van der Waals surface area contributed by atoms with Gasteiger partial charge in [-0.1, -0.05) is 30.4 Å². The number of hydrogen-bond acceptors (Lipinski definition) is 2. The molecular formula is C12H17NO. The van der Waals surface area contributed by atoms with Crippen molar-refractivity contribution in [1.29, 1.82) is 0 Å². The van der Waals surface area contributed by atoms with Gasteiger partial charge in [0.25, 0.3) is 0 Å². The number of allylic oxidation sites excluding steroid dienone is 1.